The van der Waals surface area contributed by atoms with Crippen molar-refractivity contribution in [3.05, 3.63) is 29.8 Å². The van der Waals surface area contributed by atoms with Crippen molar-refractivity contribution in [1.29, 1.82) is 0 Å². The highest BCUT2D eigenvalue weighted by molar-refractivity contribution is 7.99. The van der Waals surface area contributed by atoms with E-state index in [2.05, 4.69) is 10.6 Å². The Morgan fingerprint density at radius 3 is 2.87 bits per heavy atom. The highest BCUT2D eigenvalue weighted by Crippen LogP contribution is 2.24. The third-order valence-corrected chi connectivity index (χ3v) is 7.23. The van der Waals surface area contributed by atoms with Gasteiger partial charge in [0, 0.05) is 39.1 Å². The second kappa shape index (κ2) is 8.31. The maximum Gasteiger partial charge on any atom is 0.242 e. The monoisotopic (exact) mass is 352 g/mol. The third kappa shape index (κ3) is 4.81. The van der Waals surface area contributed by atoms with E-state index < -0.39 is 10.8 Å². The van der Waals surface area contributed by atoms with E-state index in [4.69, 9.17) is 0 Å². The van der Waals surface area contributed by atoms with Crippen molar-refractivity contribution in [2.75, 3.05) is 16.9 Å². The Morgan fingerprint density at radius 2 is 2.13 bits per heavy atom. The van der Waals surface area contributed by atoms with Crippen molar-refractivity contribution in [2.45, 2.75) is 49.1 Å². The lowest BCUT2D eigenvalue weighted by atomic mass is 10.0. The molecule has 1 aromatic rings. The SMILES string of the molecule is O=C(Nc1cccc(CS(=O)C2CCCCC2)c1)C1CSCN1. The van der Waals surface area contributed by atoms with Gasteiger partial charge in [-0.15, -0.1) is 11.8 Å². The first kappa shape index (κ1) is 17.0. The molecule has 1 heterocycles. The number of thioether (sulfide) groups is 1. The molecule has 1 saturated carbocycles. The van der Waals surface area contributed by atoms with Gasteiger partial charge in [0.25, 0.3) is 0 Å². The van der Waals surface area contributed by atoms with E-state index >= 15 is 0 Å². The lowest BCUT2D eigenvalue weighted by Crippen LogP contribution is -2.37. The van der Waals surface area contributed by atoms with Gasteiger partial charge in [-0.25, -0.2) is 0 Å². The molecule has 6 heteroatoms. The van der Waals surface area contributed by atoms with Gasteiger partial charge in [0.2, 0.25) is 5.91 Å². The molecule has 1 aliphatic heterocycles. The summed E-state index contributed by atoms with van der Waals surface area (Å²) in [7, 11) is -0.809. The van der Waals surface area contributed by atoms with Crippen molar-refractivity contribution in [1.82, 2.24) is 5.32 Å². The Morgan fingerprint density at radius 1 is 1.30 bits per heavy atom. The molecule has 0 spiro atoms. The average molecular weight is 353 g/mol. The van der Waals surface area contributed by atoms with Gasteiger partial charge in [0.05, 0.1) is 6.04 Å². The van der Waals surface area contributed by atoms with Gasteiger partial charge in [-0.2, -0.15) is 0 Å². The van der Waals surface area contributed by atoms with Crippen molar-refractivity contribution in [3.8, 4) is 0 Å². The molecular weight excluding hydrogens is 328 g/mol. The Kier molecular flexibility index (Phi) is 6.14. The predicted molar refractivity (Wildman–Crippen MR) is 98.0 cm³/mol. The summed E-state index contributed by atoms with van der Waals surface area (Å²) in [6.45, 7) is 0. The van der Waals surface area contributed by atoms with Crippen LogP contribution in [0, 0.1) is 0 Å². The lowest BCUT2D eigenvalue weighted by molar-refractivity contribution is -0.117. The third-order valence-electron chi connectivity index (χ3n) is 4.46. The van der Waals surface area contributed by atoms with Crippen LogP contribution in [0.2, 0.25) is 0 Å². The van der Waals surface area contributed by atoms with Crippen molar-refractivity contribution >= 4 is 34.2 Å². The largest absolute Gasteiger partial charge is 0.325 e. The number of carbonyl (C=O) groups is 1. The van der Waals surface area contributed by atoms with Crippen LogP contribution in [0.5, 0.6) is 0 Å². The number of nitrogens with one attached hydrogen (secondary N) is 2. The van der Waals surface area contributed by atoms with E-state index in [1.165, 1.54) is 19.3 Å². The van der Waals surface area contributed by atoms with Crippen LogP contribution in [0.25, 0.3) is 0 Å². The molecule has 1 saturated heterocycles. The number of rotatable bonds is 5. The quantitative estimate of drug-likeness (QED) is 0.855. The van der Waals surface area contributed by atoms with Gasteiger partial charge in [0.1, 0.15) is 0 Å². The van der Waals surface area contributed by atoms with Gasteiger partial charge in [0.15, 0.2) is 0 Å². The van der Waals surface area contributed by atoms with E-state index in [0.29, 0.717) is 11.0 Å². The normalized spacial score (nSPS) is 23.6. The first-order valence-corrected chi connectivity index (χ1v) is 10.8. The van der Waals surface area contributed by atoms with Gasteiger partial charge in [-0.3, -0.25) is 14.3 Å². The minimum atomic E-state index is -0.809. The summed E-state index contributed by atoms with van der Waals surface area (Å²) in [5.74, 6) is 2.25. The molecule has 4 nitrogen and oxygen atoms in total. The van der Waals surface area contributed by atoms with Crippen molar-refractivity contribution < 1.29 is 9.00 Å². The molecule has 23 heavy (non-hydrogen) atoms. The fraction of sp³-hybridized carbons (Fsp3) is 0.588. The van der Waals surface area contributed by atoms with Crippen LogP contribution in [0.1, 0.15) is 37.7 Å². The first-order valence-electron chi connectivity index (χ1n) is 8.30. The van der Waals surface area contributed by atoms with E-state index in [1.54, 1.807) is 11.8 Å². The molecule has 126 valence electrons. The number of hydrogen-bond acceptors (Lipinski definition) is 4. The van der Waals surface area contributed by atoms with Crippen molar-refractivity contribution in [3.63, 3.8) is 0 Å². The summed E-state index contributed by atoms with van der Waals surface area (Å²) >= 11 is 1.74. The van der Waals surface area contributed by atoms with E-state index in [-0.39, 0.29) is 11.9 Å². The smallest absolute Gasteiger partial charge is 0.242 e. The number of carbonyl (C=O) groups excluding carboxylic acids is 1. The van der Waals surface area contributed by atoms with Gasteiger partial charge in [-0.1, -0.05) is 31.4 Å². The van der Waals surface area contributed by atoms with Crippen LogP contribution in [-0.4, -0.2) is 33.0 Å². The van der Waals surface area contributed by atoms with Crippen LogP contribution < -0.4 is 10.6 Å². The molecule has 2 aliphatic rings. The Hall–Kier alpha value is -0.850. The molecule has 0 bridgehead atoms. The lowest BCUT2D eigenvalue weighted by Gasteiger charge is -2.21. The molecule has 3 rings (SSSR count). The standard InChI is InChI=1S/C17H24N2O2S2/c20-17(16-10-22-12-18-16)19-14-6-4-5-13(9-14)11-23(21)15-7-2-1-3-8-15/h4-6,9,15-16,18H,1-3,7-8,10-12H2,(H,19,20). The summed E-state index contributed by atoms with van der Waals surface area (Å²) in [4.78, 5) is 12.1. The molecule has 2 atom stereocenters. The Bertz CT molecular complexity index is 567. The molecule has 2 unspecified atom stereocenters. The minimum absolute atomic E-state index is 0.0144. The first-order chi connectivity index (χ1) is 11.2. The summed E-state index contributed by atoms with van der Waals surface area (Å²) in [5, 5.41) is 6.48. The van der Waals surface area contributed by atoms with Gasteiger partial charge in [-0.05, 0) is 30.5 Å². The fourth-order valence-electron chi connectivity index (χ4n) is 3.14. The summed E-state index contributed by atoms with van der Waals surface area (Å²) in [6.07, 6.45) is 5.88. The maximum absolute atomic E-state index is 12.5. The highest BCUT2D eigenvalue weighted by Gasteiger charge is 2.23. The van der Waals surface area contributed by atoms with Crippen LogP contribution in [0.3, 0.4) is 0 Å². The number of amides is 1. The van der Waals surface area contributed by atoms with Crippen molar-refractivity contribution in [2.24, 2.45) is 0 Å². The predicted octanol–water partition coefficient (Wildman–Crippen LogP) is 2.87. The highest BCUT2D eigenvalue weighted by atomic mass is 32.2. The summed E-state index contributed by atoms with van der Waals surface area (Å²) in [5.41, 5.74) is 1.84. The Labute approximate surface area is 144 Å². The average Bonchev–Trinajstić information content (AvgIpc) is 3.10. The Balaban J connectivity index is 1.58. The molecule has 0 aromatic heterocycles. The summed E-state index contributed by atoms with van der Waals surface area (Å²) < 4.78 is 12.5. The second-order valence-corrected chi connectivity index (χ2v) is 8.99. The molecule has 2 fully saturated rings. The fourth-order valence-corrected chi connectivity index (χ4v) is 5.69. The van der Waals surface area contributed by atoms with E-state index in [0.717, 1.165) is 35.7 Å². The molecule has 1 aromatic carbocycles. The van der Waals surface area contributed by atoms with Crippen LogP contribution in [0.15, 0.2) is 24.3 Å². The zero-order valence-electron chi connectivity index (χ0n) is 13.3. The molecule has 0 radical (unpaired) electrons. The molecule has 2 N–H and O–H groups in total. The number of anilines is 1. The summed E-state index contributed by atoms with van der Waals surface area (Å²) in [6, 6.07) is 7.67. The zero-order valence-corrected chi connectivity index (χ0v) is 14.9. The number of benzene rings is 1. The van der Waals surface area contributed by atoms with Gasteiger partial charge < -0.3 is 5.32 Å². The van der Waals surface area contributed by atoms with E-state index in [1.807, 2.05) is 24.3 Å². The molecular formula is C17H24N2O2S2. The zero-order chi connectivity index (χ0) is 16.1. The number of hydrogen-bond donors (Lipinski definition) is 2. The molecule has 1 aliphatic carbocycles. The topological polar surface area (TPSA) is 58.2 Å². The maximum atomic E-state index is 12.5. The van der Waals surface area contributed by atoms with Crippen LogP contribution >= 0.6 is 11.8 Å². The van der Waals surface area contributed by atoms with E-state index in [9.17, 15) is 9.00 Å². The van der Waals surface area contributed by atoms with Gasteiger partial charge >= 0.3 is 0 Å². The van der Waals surface area contributed by atoms with Crippen LogP contribution in [0.4, 0.5) is 5.69 Å². The second-order valence-electron chi connectivity index (χ2n) is 6.25. The van der Waals surface area contributed by atoms with Crippen LogP contribution in [-0.2, 0) is 21.3 Å². The minimum Gasteiger partial charge on any atom is -0.325 e. The molecule has 1 amide bonds.